The number of hydrogen-bond donors (Lipinski definition) is 2. The molecule has 2 fully saturated rings. The molecule has 2 aliphatic heterocycles. The summed E-state index contributed by atoms with van der Waals surface area (Å²) in [6.45, 7) is 7.05. The fraction of sp³-hybridized carbons (Fsp3) is 0.400. The lowest BCUT2D eigenvalue weighted by Gasteiger charge is -2.33. The second-order valence-electron chi connectivity index (χ2n) is 10.8. The van der Waals surface area contributed by atoms with E-state index < -0.39 is 0 Å². The minimum Gasteiger partial charge on any atom is -0.354 e. The molecule has 0 aliphatic carbocycles. The van der Waals surface area contributed by atoms with Crippen molar-refractivity contribution in [2.45, 2.75) is 32.2 Å². The van der Waals surface area contributed by atoms with Gasteiger partial charge in [0.2, 0.25) is 0 Å². The maximum absolute atomic E-state index is 13.3. The first-order valence-corrected chi connectivity index (χ1v) is 14.0. The van der Waals surface area contributed by atoms with Gasteiger partial charge < -0.3 is 15.1 Å². The molecule has 3 aromatic heterocycles. The van der Waals surface area contributed by atoms with Crippen LogP contribution in [0, 0.1) is 0 Å². The molecular weight excluding hydrogens is 488 g/mol. The lowest BCUT2D eigenvalue weighted by Crippen LogP contribution is -2.44. The molecule has 5 heterocycles. The van der Waals surface area contributed by atoms with Gasteiger partial charge in [-0.25, -0.2) is 4.98 Å². The summed E-state index contributed by atoms with van der Waals surface area (Å²) in [5.41, 5.74) is 5.19. The number of carbonyl (C=O) groups is 1. The van der Waals surface area contributed by atoms with Crippen LogP contribution >= 0.6 is 0 Å². The SMILES string of the molecule is CN1CCN(c2cc(NC(=O)c3n[nH]c4ccc(-c5cncc(CN6CCCCCC6)c5)cc34)ccn2)CC1. The lowest BCUT2D eigenvalue weighted by atomic mass is 10.0. The normalized spacial score (nSPS) is 17.3. The molecule has 9 heteroatoms. The summed E-state index contributed by atoms with van der Waals surface area (Å²) in [6.07, 6.45) is 10.8. The molecule has 1 amide bonds. The predicted octanol–water partition coefficient (Wildman–Crippen LogP) is 4.40. The number of benzene rings is 1. The highest BCUT2D eigenvalue weighted by molar-refractivity contribution is 6.11. The molecule has 6 rings (SSSR count). The summed E-state index contributed by atoms with van der Waals surface area (Å²) in [7, 11) is 2.13. The number of likely N-dealkylation sites (N-methyl/N-ethyl adjacent to an activating group) is 1. The maximum Gasteiger partial charge on any atom is 0.276 e. The molecule has 39 heavy (non-hydrogen) atoms. The summed E-state index contributed by atoms with van der Waals surface area (Å²) >= 11 is 0. The van der Waals surface area contributed by atoms with E-state index in [-0.39, 0.29) is 5.91 Å². The Bertz CT molecular complexity index is 1430. The fourth-order valence-corrected chi connectivity index (χ4v) is 5.55. The van der Waals surface area contributed by atoms with E-state index in [1.165, 1.54) is 31.2 Å². The number of amides is 1. The topological polar surface area (TPSA) is 93.3 Å². The number of aromatic nitrogens is 4. The van der Waals surface area contributed by atoms with Crippen LogP contribution in [0.15, 0.2) is 55.0 Å². The molecule has 0 saturated carbocycles. The Labute approximate surface area is 229 Å². The van der Waals surface area contributed by atoms with E-state index in [2.05, 4.69) is 59.4 Å². The second kappa shape index (κ2) is 11.5. The quantitative estimate of drug-likeness (QED) is 0.386. The molecule has 202 valence electrons. The average molecular weight is 525 g/mol. The standard InChI is InChI=1S/C30H36N8O/c1-36-12-14-38(15-13-36)28-18-25(8-9-32-28)33-30(39)29-26-17-23(6-7-27(26)34-35-29)24-16-22(19-31-20-24)21-37-10-4-2-3-5-11-37/h6-9,16-20H,2-5,10-15,21H2,1H3,(H,34,35)(H,32,33,39). The zero-order valence-electron chi connectivity index (χ0n) is 22.6. The molecule has 4 aromatic rings. The van der Waals surface area contributed by atoms with Gasteiger partial charge in [-0.15, -0.1) is 0 Å². The van der Waals surface area contributed by atoms with Crippen LogP contribution in [-0.2, 0) is 6.54 Å². The number of aromatic amines is 1. The smallest absolute Gasteiger partial charge is 0.276 e. The molecule has 9 nitrogen and oxygen atoms in total. The number of nitrogens with zero attached hydrogens (tertiary/aromatic N) is 6. The Balaban J connectivity index is 1.20. The van der Waals surface area contributed by atoms with E-state index in [1.54, 1.807) is 6.20 Å². The van der Waals surface area contributed by atoms with Gasteiger partial charge in [0.25, 0.3) is 5.91 Å². The zero-order chi connectivity index (χ0) is 26.6. The molecule has 0 unspecified atom stereocenters. The first-order valence-electron chi connectivity index (χ1n) is 14.0. The van der Waals surface area contributed by atoms with E-state index in [0.29, 0.717) is 11.4 Å². The molecule has 2 aliphatic rings. The summed E-state index contributed by atoms with van der Waals surface area (Å²) in [5.74, 6) is 0.629. The van der Waals surface area contributed by atoms with Gasteiger partial charge in [-0.05, 0) is 68.4 Å². The number of likely N-dealkylation sites (tertiary alicyclic amines) is 1. The molecule has 0 bridgehead atoms. The van der Waals surface area contributed by atoms with Gasteiger partial charge in [0.1, 0.15) is 5.82 Å². The largest absolute Gasteiger partial charge is 0.354 e. The van der Waals surface area contributed by atoms with Crippen molar-refractivity contribution in [2.24, 2.45) is 0 Å². The van der Waals surface area contributed by atoms with E-state index in [1.807, 2.05) is 36.7 Å². The highest BCUT2D eigenvalue weighted by Gasteiger charge is 2.18. The number of fused-ring (bicyclic) bond motifs is 1. The van der Waals surface area contributed by atoms with Gasteiger partial charge in [-0.2, -0.15) is 5.10 Å². The van der Waals surface area contributed by atoms with Crippen molar-refractivity contribution in [3.8, 4) is 11.1 Å². The van der Waals surface area contributed by atoms with Crippen molar-refractivity contribution in [3.05, 3.63) is 66.2 Å². The molecule has 2 saturated heterocycles. The van der Waals surface area contributed by atoms with Crippen LogP contribution in [0.2, 0.25) is 0 Å². The van der Waals surface area contributed by atoms with Crippen molar-refractivity contribution in [1.29, 1.82) is 0 Å². The van der Waals surface area contributed by atoms with E-state index in [9.17, 15) is 4.79 Å². The van der Waals surface area contributed by atoms with E-state index in [4.69, 9.17) is 0 Å². The van der Waals surface area contributed by atoms with Gasteiger partial charge in [0.05, 0.1) is 5.52 Å². The van der Waals surface area contributed by atoms with Crippen molar-refractivity contribution in [3.63, 3.8) is 0 Å². The van der Waals surface area contributed by atoms with Gasteiger partial charge in [0, 0.05) is 74.0 Å². The van der Waals surface area contributed by atoms with Crippen LogP contribution in [0.3, 0.4) is 0 Å². The van der Waals surface area contributed by atoms with Crippen LogP contribution in [0.4, 0.5) is 11.5 Å². The minimum atomic E-state index is -0.248. The van der Waals surface area contributed by atoms with Crippen LogP contribution in [0.1, 0.15) is 41.7 Å². The van der Waals surface area contributed by atoms with Crippen molar-refractivity contribution in [1.82, 2.24) is 30.0 Å². The number of rotatable bonds is 6. The highest BCUT2D eigenvalue weighted by atomic mass is 16.1. The Morgan fingerprint density at radius 3 is 2.56 bits per heavy atom. The Morgan fingerprint density at radius 1 is 0.923 bits per heavy atom. The molecule has 0 atom stereocenters. The molecule has 0 spiro atoms. The zero-order valence-corrected chi connectivity index (χ0v) is 22.6. The fourth-order valence-electron chi connectivity index (χ4n) is 5.55. The van der Waals surface area contributed by atoms with Crippen LogP contribution in [0.25, 0.3) is 22.0 Å². The average Bonchev–Trinajstić information content (AvgIpc) is 3.22. The monoisotopic (exact) mass is 524 g/mol. The van der Waals surface area contributed by atoms with E-state index in [0.717, 1.165) is 73.7 Å². The molecular formula is C30H36N8O. The second-order valence-corrected chi connectivity index (χ2v) is 10.8. The number of pyridine rings is 2. The number of piperazine rings is 1. The Morgan fingerprint density at radius 2 is 1.74 bits per heavy atom. The molecule has 2 N–H and O–H groups in total. The van der Waals surface area contributed by atoms with Crippen molar-refractivity contribution in [2.75, 3.05) is 56.5 Å². The number of hydrogen-bond acceptors (Lipinski definition) is 7. The molecule has 1 aromatic carbocycles. The molecule has 0 radical (unpaired) electrons. The predicted molar refractivity (Wildman–Crippen MR) is 155 cm³/mol. The number of nitrogens with one attached hydrogen (secondary N) is 2. The summed E-state index contributed by atoms with van der Waals surface area (Å²) in [4.78, 5) is 29.5. The third kappa shape index (κ3) is 5.94. The van der Waals surface area contributed by atoms with Gasteiger partial charge >= 0.3 is 0 Å². The van der Waals surface area contributed by atoms with Gasteiger partial charge in [-0.1, -0.05) is 18.9 Å². The lowest BCUT2D eigenvalue weighted by molar-refractivity contribution is 0.102. The summed E-state index contributed by atoms with van der Waals surface area (Å²) in [5, 5.41) is 11.2. The summed E-state index contributed by atoms with van der Waals surface area (Å²) < 4.78 is 0. The number of carbonyl (C=O) groups excluding carboxylic acids is 1. The third-order valence-electron chi connectivity index (χ3n) is 7.84. The van der Waals surface area contributed by atoms with Gasteiger partial charge in [0.15, 0.2) is 5.69 Å². The van der Waals surface area contributed by atoms with E-state index >= 15 is 0 Å². The number of H-pyrrole nitrogens is 1. The first-order chi connectivity index (χ1) is 19.1. The van der Waals surface area contributed by atoms with Crippen LogP contribution in [-0.4, -0.2) is 82.2 Å². The Hall–Kier alpha value is -3.82. The van der Waals surface area contributed by atoms with Crippen molar-refractivity contribution >= 4 is 28.3 Å². The summed E-state index contributed by atoms with van der Waals surface area (Å²) in [6, 6.07) is 12.0. The highest BCUT2D eigenvalue weighted by Crippen LogP contribution is 2.27. The number of anilines is 2. The maximum atomic E-state index is 13.3. The van der Waals surface area contributed by atoms with Gasteiger partial charge in [-0.3, -0.25) is 19.8 Å². The third-order valence-corrected chi connectivity index (χ3v) is 7.84. The first kappa shape index (κ1) is 25.5. The van der Waals surface area contributed by atoms with Crippen LogP contribution in [0.5, 0.6) is 0 Å². The van der Waals surface area contributed by atoms with Crippen LogP contribution < -0.4 is 10.2 Å². The van der Waals surface area contributed by atoms with Crippen molar-refractivity contribution < 1.29 is 4.79 Å². The Kier molecular flexibility index (Phi) is 7.51. The minimum absolute atomic E-state index is 0.248.